The zero-order valence-electron chi connectivity index (χ0n) is 14.3. The molecule has 0 fully saturated rings. The van der Waals surface area contributed by atoms with Gasteiger partial charge in [0.15, 0.2) is 5.78 Å². The number of Topliss-reactive ketones (excluding diaryl/α,β-unsaturated/α-hetero) is 1. The van der Waals surface area contributed by atoms with Crippen LogP contribution in [0.25, 0.3) is 5.78 Å². The van der Waals surface area contributed by atoms with Gasteiger partial charge in [-0.05, 0) is 32.4 Å². The average Bonchev–Trinajstić information content (AvgIpc) is 3.16. The lowest BCUT2D eigenvalue weighted by Gasteiger charge is -2.05. The largest absolute Gasteiger partial charge is 0.462 e. The Morgan fingerprint density at radius 3 is 2.77 bits per heavy atom. The molecule has 0 radical (unpaired) electrons. The van der Waals surface area contributed by atoms with Crippen molar-refractivity contribution >= 4 is 39.8 Å². The number of anilines is 1. The first-order valence-electron chi connectivity index (χ1n) is 7.72. The Balaban J connectivity index is 1.97. The zero-order valence-corrected chi connectivity index (χ0v) is 15.1. The van der Waals surface area contributed by atoms with Crippen molar-refractivity contribution in [2.45, 2.75) is 20.8 Å². The molecule has 0 spiro atoms. The lowest BCUT2D eigenvalue weighted by Crippen LogP contribution is -2.16. The van der Waals surface area contributed by atoms with E-state index < -0.39 is 11.9 Å². The Labute approximate surface area is 152 Å². The minimum atomic E-state index is -0.614. The molecule has 3 aromatic rings. The molecule has 26 heavy (non-hydrogen) atoms. The van der Waals surface area contributed by atoms with Crippen molar-refractivity contribution in [3.63, 3.8) is 0 Å². The molecule has 134 valence electrons. The summed E-state index contributed by atoms with van der Waals surface area (Å²) < 4.78 is 6.40. The number of ketones is 1. The Morgan fingerprint density at radius 1 is 1.35 bits per heavy atom. The summed E-state index contributed by atoms with van der Waals surface area (Å²) in [5, 5.41) is 6.87. The van der Waals surface area contributed by atoms with Gasteiger partial charge in [0.25, 0.3) is 11.7 Å². The molecule has 3 aromatic heterocycles. The van der Waals surface area contributed by atoms with E-state index in [1.165, 1.54) is 17.6 Å². The van der Waals surface area contributed by atoms with Crippen LogP contribution in [-0.2, 0) is 4.74 Å². The van der Waals surface area contributed by atoms with Gasteiger partial charge >= 0.3 is 5.97 Å². The van der Waals surface area contributed by atoms with Crippen LogP contribution in [0.2, 0.25) is 0 Å². The van der Waals surface area contributed by atoms with Crippen LogP contribution in [-0.4, -0.2) is 43.8 Å². The van der Waals surface area contributed by atoms with Gasteiger partial charge in [0, 0.05) is 12.4 Å². The quantitative estimate of drug-likeness (QED) is 0.538. The number of carbonyl (C=O) groups excluding carboxylic acids is 3. The van der Waals surface area contributed by atoms with Gasteiger partial charge in [0.1, 0.15) is 5.00 Å². The highest BCUT2D eigenvalue weighted by Crippen LogP contribution is 2.34. The first kappa shape index (κ1) is 17.7. The van der Waals surface area contributed by atoms with Gasteiger partial charge in [-0.25, -0.2) is 14.3 Å². The summed E-state index contributed by atoms with van der Waals surface area (Å²) in [7, 11) is 0. The molecule has 3 rings (SSSR count). The number of fused-ring (bicyclic) bond motifs is 1. The lowest BCUT2D eigenvalue weighted by atomic mass is 10.1. The number of ether oxygens (including phenoxy) is 1. The van der Waals surface area contributed by atoms with Gasteiger partial charge in [0.2, 0.25) is 5.82 Å². The topological polar surface area (TPSA) is 116 Å². The van der Waals surface area contributed by atoms with Gasteiger partial charge < -0.3 is 10.1 Å². The Morgan fingerprint density at radius 2 is 2.12 bits per heavy atom. The molecule has 0 unspecified atom stereocenters. The SMILES string of the molecule is CCOC(=O)c1c(NC(=O)c2nc3ncccn3n2)sc(C(C)=O)c1C. The maximum atomic E-state index is 12.5. The predicted octanol–water partition coefficient (Wildman–Crippen LogP) is 2.13. The van der Waals surface area contributed by atoms with E-state index in [9.17, 15) is 14.4 Å². The number of aromatic nitrogens is 4. The van der Waals surface area contributed by atoms with Crippen molar-refractivity contribution < 1.29 is 19.1 Å². The highest BCUT2D eigenvalue weighted by Gasteiger charge is 2.26. The van der Waals surface area contributed by atoms with E-state index >= 15 is 0 Å². The fourth-order valence-corrected chi connectivity index (χ4v) is 3.46. The van der Waals surface area contributed by atoms with Crippen molar-refractivity contribution in [1.82, 2.24) is 19.6 Å². The van der Waals surface area contributed by atoms with E-state index in [-0.39, 0.29) is 34.6 Å². The number of nitrogens with zero attached hydrogens (tertiary/aromatic N) is 4. The van der Waals surface area contributed by atoms with Crippen LogP contribution < -0.4 is 5.32 Å². The summed E-state index contributed by atoms with van der Waals surface area (Å²) in [6, 6.07) is 1.66. The molecule has 3 heterocycles. The fourth-order valence-electron chi connectivity index (χ4n) is 2.37. The Hall–Kier alpha value is -3.14. The fraction of sp³-hybridized carbons (Fsp3) is 0.250. The minimum absolute atomic E-state index is 0.103. The molecule has 9 nitrogen and oxygen atoms in total. The molecule has 0 aliphatic rings. The summed E-state index contributed by atoms with van der Waals surface area (Å²) in [4.78, 5) is 45.0. The summed E-state index contributed by atoms with van der Waals surface area (Å²) >= 11 is 1.02. The smallest absolute Gasteiger partial charge is 0.341 e. The van der Waals surface area contributed by atoms with Crippen LogP contribution in [0.5, 0.6) is 0 Å². The number of hydrogen-bond donors (Lipinski definition) is 1. The monoisotopic (exact) mass is 373 g/mol. The van der Waals surface area contributed by atoms with Crippen LogP contribution in [0.3, 0.4) is 0 Å². The van der Waals surface area contributed by atoms with Crippen LogP contribution >= 0.6 is 11.3 Å². The van der Waals surface area contributed by atoms with E-state index in [1.807, 2.05) is 0 Å². The minimum Gasteiger partial charge on any atom is -0.462 e. The van der Waals surface area contributed by atoms with Crippen molar-refractivity contribution in [1.29, 1.82) is 0 Å². The molecule has 1 N–H and O–H groups in total. The summed E-state index contributed by atoms with van der Waals surface area (Å²) in [6.45, 7) is 4.89. The number of thiophene rings is 1. The van der Waals surface area contributed by atoms with Crippen LogP contribution in [0.1, 0.15) is 50.1 Å². The van der Waals surface area contributed by atoms with Gasteiger partial charge in [-0.2, -0.15) is 4.98 Å². The van der Waals surface area contributed by atoms with Crippen LogP contribution in [0, 0.1) is 6.92 Å². The number of nitrogens with one attached hydrogen (secondary N) is 1. The van der Waals surface area contributed by atoms with E-state index in [0.717, 1.165) is 11.3 Å². The van der Waals surface area contributed by atoms with Crippen molar-refractivity contribution in [2.75, 3.05) is 11.9 Å². The molecule has 0 aromatic carbocycles. The molecule has 0 saturated heterocycles. The molecule has 0 aliphatic carbocycles. The third-order valence-electron chi connectivity index (χ3n) is 3.49. The molecule has 10 heteroatoms. The van der Waals surface area contributed by atoms with E-state index in [2.05, 4.69) is 20.4 Å². The van der Waals surface area contributed by atoms with E-state index in [1.54, 1.807) is 26.1 Å². The molecule has 0 aliphatic heterocycles. The normalized spacial score (nSPS) is 10.7. The summed E-state index contributed by atoms with van der Waals surface area (Å²) in [6.07, 6.45) is 3.14. The highest BCUT2D eigenvalue weighted by molar-refractivity contribution is 7.18. The maximum Gasteiger partial charge on any atom is 0.341 e. The first-order valence-corrected chi connectivity index (χ1v) is 8.54. The number of esters is 1. The zero-order chi connectivity index (χ0) is 18.8. The van der Waals surface area contributed by atoms with Gasteiger partial charge in [-0.15, -0.1) is 16.4 Å². The van der Waals surface area contributed by atoms with Crippen molar-refractivity contribution in [3.05, 3.63) is 40.3 Å². The molecular formula is C16H15N5O4S. The van der Waals surface area contributed by atoms with Crippen molar-refractivity contribution in [3.8, 4) is 0 Å². The second kappa shape index (κ2) is 7.00. The highest BCUT2D eigenvalue weighted by atomic mass is 32.1. The van der Waals surface area contributed by atoms with Crippen LogP contribution in [0.4, 0.5) is 5.00 Å². The maximum absolute atomic E-state index is 12.5. The van der Waals surface area contributed by atoms with Gasteiger partial charge in [-0.1, -0.05) is 0 Å². The Bertz CT molecular complexity index is 990. The third kappa shape index (κ3) is 3.18. The van der Waals surface area contributed by atoms with E-state index in [4.69, 9.17) is 4.74 Å². The molecule has 0 atom stereocenters. The van der Waals surface area contributed by atoms with E-state index in [0.29, 0.717) is 10.4 Å². The predicted molar refractivity (Wildman–Crippen MR) is 93.8 cm³/mol. The second-order valence-corrected chi connectivity index (χ2v) is 6.31. The van der Waals surface area contributed by atoms with Crippen LogP contribution in [0.15, 0.2) is 18.5 Å². The summed E-state index contributed by atoms with van der Waals surface area (Å²) in [5.41, 5.74) is 0.637. The third-order valence-corrected chi connectivity index (χ3v) is 4.80. The molecular weight excluding hydrogens is 358 g/mol. The van der Waals surface area contributed by atoms with Gasteiger partial charge in [-0.3, -0.25) is 9.59 Å². The first-order chi connectivity index (χ1) is 12.4. The number of rotatable bonds is 5. The van der Waals surface area contributed by atoms with Gasteiger partial charge in [0.05, 0.1) is 17.0 Å². The Kier molecular flexibility index (Phi) is 4.76. The van der Waals surface area contributed by atoms with Crippen molar-refractivity contribution in [2.24, 2.45) is 0 Å². The molecule has 0 saturated carbocycles. The second-order valence-electron chi connectivity index (χ2n) is 5.29. The lowest BCUT2D eigenvalue weighted by molar-refractivity contribution is 0.0527. The average molecular weight is 373 g/mol. The molecule has 1 amide bonds. The summed E-state index contributed by atoms with van der Waals surface area (Å²) in [5.74, 6) is -1.25. The number of amides is 1. The standard InChI is InChI=1S/C16H15N5O4S/c1-4-25-15(24)10-8(2)11(9(3)22)26-14(10)19-13(23)12-18-16-17-6-5-7-21(16)20-12/h5-7H,4H2,1-3H3,(H,19,23). The molecule has 0 bridgehead atoms. The number of carbonyl (C=O) groups is 3. The number of hydrogen-bond acceptors (Lipinski definition) is 8.